The first-order chi connectivity index (χ1) is 11.5. The van der Waals surface area contributed by atoms with E-state index in [1.165, 1.54) is 17.5 Å². The van der Waals surface area contributed by atoms with Gasteiger partial charge < -0.3 is 9.09 Å². The third-order valence-corrected chi connectivity index (χ3v) is 6.67. The van der Waals surface area contributed by atoms with Gasteiger partial charge in [-0.15, -0.1) is 21.5 Å². The average molecular weight is 365 g/mol. The topological polar surface area (TPSA) is 103 Å². The van der Waals surface area contributed by atoms with Crippen molar-refractivity contribution in [3.05, 3.63) is 34.9 Å². The minimum atomic E-state index is -3.64. The van der Waals surface area contributed by atoms with E-state index in [9.17, 15) is 8.42 Å². The quantitative estimate of drug-likeness (QED) is 0.738. The van der Waals surface area contributed by atoms with Crippen molar-refractivity contribution in [2.24, 2.45) is 0 Å². The van der Waals surface area contributed by atoms with Gasteiger partial charge in [0, 0.05) is 23.9 Å². The van der Waals surface area contributed by atoms with E-state index in [1.54, 1.807) is 19.1 Å². The van der Waals surface area contributed by atoms with E-state index in [-0.39, 0.29) is 11.4 Å². The lowest BCUT2D eigenvalue weighted by Gasteiger charge is -2.06. The molecule has 24 heavy (non-hydrogen) atoms. The summed E-state index contributed by atoms with van der Waals surface area (Å²) in [5.74, 6) is 2.12. The zero-order valence-corrected chi connectivity index (χ0v) is 14.5. The molecule has 0 saturated heterocycles. The maximum absolute atomic E-state index is 12.6. The molecule has 3 aromatic rings. The maximum atomic E-state index is 12.6. The Hall–Kier alpha value is -2.04. The Morgan fingerprint density at radius 2 is 2.29 bits per heavy atom. The molecule has 8 nitrogen and oxygen atoms in total. The molecule has 3 aromatic heterocycles. The van der Waals surface area contributed by atoms with E-state index < -0.39 is 10.0 Å². The van der Waals surface area contributed by atoms with Crippen molar-refractivity contribution < 1.29 is 12.9 Å². The molecule has 0 spiro atoms. The SMILES string of the molecule is Cc1sc(-c2ccno2)cc1S(=O)(=O)NCc1nnc2n1CCC2. The molecule has 0 radical (unpaired) electrons. The monoisotopic (exact) mass is 365 g/mol. The van der Waals surface area contributed by atoms with Crippen LogP contribution in [0.5, 0.6) is 0 Å². The van der Waals surface area contributed by atoms with Crippen molar-refractivity contribution in [1.29, 1.82) is 0 Å². The second kappa shape index (κ2) is 5.80. The number of nitrogens with one attached hydrogen (secondary N) is 1. The fraction of sp³-hybridized carbons (Fsp3) is 0.357. The van der Waals surface area contributed by atoms with Crippen LogP contribution >= 0.6 is 11.3 Å². The van der Waals surface area contributed by atoms with Gasteiger partial charge in [0.15, 0.2) is 5.76 Å². The molecule has 0 aliphatic carbocycles. The van der Waals surface area contributed by atoms with Crippen molar-refractivity contribution in [2.45, 2.75) is 37.8 Å². The first kappa shape index (κ1) is 15.5. The molecule has 0 saturated carbocycles. The number of nitrogens with zero attached hydrogens (tertiary/aromatic N) is 4. The predicted molar refractivity (Wildman–Crippen MR) is 86.9 cm³/mol. The number of aromatic nitrogens is 4. The number of fused-ring (bicyclic) bond motifs is 1. The van der Waals surface area contributed by atoms with Gasteiger partial charge in [0.2, 0.25) is 10.0 Å². The summed E-state index contributed by atoms with van der Waals surface area (Å²) >= 11 is 1.36. The number of thiophene rings is 1. The molecule has 4 heterocycles. The molecule has 0 atom stereocenters. The van der Waals surface area contributed by atoms with Crippen molar-refractivity contribution in [2.75, 3.05) is 0 Å². The first-order valence-electron chi connectivity index (χ1n) is 7.47. The molecule has 1 N–H and O–H groups in total. The minimum absolute atomic E-state index is 0.127. The number of hydrogen-bond donors (Lipinski definition) is 1. The zero-order chi connectivity index (χ0) is 16.7. The van der Waals surface area contributed by atoms with E-state index in [0.29, 0.717) is 16.5 Å². The molecule has 0 aromatic carbocycles. The van der Waals surface area contributed by atoms with E-state index in [1.807, 2.05) is 4.57 Å². The van der Waals surface area contributed by atoms with Crippen LogP contribution in [-0.4, -0.2) is 28.3 Å². The Balaban J connectivity index is 1.56. The first-order valence-corrected chi connectivity index (χ1v) is 9.77. The van der Waals surface area contributed by atoms with Crippen LogP contribution in [0.2, 0.25) is 0 Å². The van der Waals surface area contributed by atoms with E-state index in [4.69, 9.17) is 4.52 Å². The molecule has 1 aliphatic rings. The van der Waals surface area contributed by atoms with E-state index in [2.05, 4.69) is 20.1 Å². The Labute approximate surface area is 142 Å². The molecular weight excluding hydrogens is 350 g/mol. The lowest BCUT2D eigenvalue weighted by molar-refractivity contribution is 0.433. The van der Waals surface area contributed by atoms with Crippen molar-refractivity contribution >= 4 is 21.4 Å². The number of aryl methyl sites for hydroxylation is 2. The van der Waals surface area contributed by atoms with Gasteiger partial charge in [0.25, 0.3) is 0 Å². The highest BCUT2D eigenvalue weighted by atomic mass is 32.2. The Bertz CT molecular complexity index is 972. The second-order valence-electron chi connectivity index (χ2n) is 5.52. The minimum Gasteiger partial charge on any atom is -0.355 e. The molecule has 4 rings (SSSR count). The Morgan fingerprint density at radius 3 is 3.08 bits per heavy atom. The lowest BCUT2D eigenvalue weighted by atomic mass is 10.3. The highest BCUT2D eigenvalue weighted by Gasteiger charge is 2.23. The van der Waals surface area contributed by atoms with Crippen LogP contribution < -0.4 is 4.72 Å². The van der Waals surface area contributed by atoms with Crippen molar-refractivity contribution in [3.8, 4) is 10.6 Å². The summed E-state index contributed by atoms with van der Waals surface area (Å²) in [4.78, 5) is 1.68. The van der Waals surface area contributed by atoms with Gasteiger partial charge >= 0.3 is 0 Å². The van der Waals surface area contributed by atoms with E-state index in [0.717, 1.165) is 30.1 Å². The van der Waals surface area contributed by atoms with Crippen molar-refractivity contribution in [3.63, 3.8) is 0 Å². The smallest absolute Gasteiger partial charge is 0.242 e. The van der Waals surface area contributed by atoms with Crippen LogP contribution in [0.3, 0.4) is 0 Å². The summed E-state index contributed by atoms with van der Waals surface area (Å²) in [5, 5.41) is 11.8. The fourth-order valence-corrected chi connectivity index (χ4v) is 5.30. The summed E-state index contributed by atoms with van der Waals surface area (Å²) in [6.45, 7) is 2.74. The second-order valence-corrected chi connectivity index (χ2v) is 8.51. The number of hydrogen-bond acceptors (Lipinski definition) is 7. The number of rotatable bonds is 5. The van der Waals surface area contributed by atoms with Crippen LogP contribution in [0, 0.1) is 6.92 Å². The average Bonchev–Trinajstić information content (AvgIpc) is 3.29. The van der Waals surface area contributed by atoms with Crippen LogP contribution in [0.15, 0.2) is 27.7 Å². The van der Waals surface area contributed by atoms with E-state index >= 15 is 0 Å². The lowest BCUT2D eigenvalue weighted by Crippen LogP contribution is -2.25. The summed E-state index contributed by atoms with van der Waals surface area (Å²) in [5.41, 5.74) is 0. The summed E-state index contributed by atoms with van der Waals surface area (Å²) < 4.78 is 34.9. The largest absolute Gasteiger partial charge is 0.355 e. The standard InChI is InChI=1S/C14H15N5O3S2/c1-9-12(7-11(23-9)10-4-5-15-22-10)24(20,21)16-8-14-18-17-13-3-2-6-19(13)14/h4-5,7,16H,2-3,6,8H2,1H3. The van der Waals surface area contributed by atoms with Crippen LogP contribution in [-0.2, 0) is 29.5 Å². The van der Waals surface area contributed by atoms with Crippen LogP contribution in [0.4, 0.5) is 0 Å². The van der Waals surface area contributed by atoms with Crippen LogP contribution in [0.1, 0.15) is 22.9 Å². The predicted octanol–water partition coefficient (Wildman–Crippen LogP) is 1.73. The van der Waals surface area contributed by atoms with Crippen molar-refractivity contribution in [1.82, 2.24) is 24.6 Å². The molecule has 0 unspecified atom stereocenters. The highest BCUT2D eigenvalue weighted by Crippen LogP contribution is 2.33. The summed E-state index contributed by atoms with van der Waals surface area (Å²) in [6, 6.07) is 3.31. The molecule has 0 fully saturated rings. The molecule has 0 amide bonds. The molecule has 126 valence electrons. The van der Waals surface area contributed by atoms with Crippen LogP contribution in [0.25, 0.3) is 10.6 Å². The normalized spacial score (nSPS) is 14.2. The van der Waals surface area contributed by atoms with Gasteiger partial charge in [-0.1, -0.05) is 5.16 Å². The van der Waals surface area contributed by atoms with Gasteiger partial charge in [-0.25, -0.2) is 13.1 Å². The fourth-order valence-electron chi connectivity index (χ4n) is 2.78. The molecule has 0 bridgehead atoms. The Morgan fingerprint density at radius 1 is 1.42 bits per heavy atom. The molecule has 1 aliphatic heterocycles. The highest BCUT2D eigenvalue weighted by molar-refractivity contribution is 7.89. The zero-order valence-electron chi connectivity index (χ0n) is 12.9. The molecular formula is C14H15N5O3S2. The molecule has 10 heteroatoms. The Kier molecular flexibility index (Phi) is 3.74. The van der Waals surface area contributed by atoms with Gasteiger partial charge in [0.1, 0.15) is 11.6 Å². The van der Waals surface area contributed by atoms with Gasteiger partial charge in [-0.3, -0.25) is 0 Å². The number of sulfonamides is 1. The summed E-state index contributed by atoms with van der Waals surface area (Å²) in [7, 11) is -3.64. The maximum Gasteiger partial charge on any atom is 0.242 e. The van der Waals surface area contributed by atoms with Gasteiger partial charge in [-0.05, 0) is 19.4 Å². The summed E-state index contributed by atoms with van der Waals surface area (Å²) in [6.07, 6.45) is 3.45. The van der Waals surface area contributed by atoms with Gasteiger partial charge in [-0.2, -0.15) is 0 Å². The third kappa shape index (κ3) is 2.66. The van der Waals surface area contributed by atoms with Gasteiger partial charge in [0.05, 0.1) is 22.5 Å². The third-order valence-electron chi connectivity index (χ3n) is 3.95.